The van der Waals surface area contributed by atoms with E-state index in [1.807, 2.05) is 6.92 Å². The van der Waals surface area contributed by atoms with Crippen molar-refractivity contribution in [1.29, 1.82) is 0 Å². The summed E-state index contributed by atoms with van der Waals surface area (Å²) in [7, 11) is 1.49. The summed E-state index contributed by atoms with van der Waals surface area (Å²) in [4.78, 5) is 26.7. The number of methoxy groups -OCH3 is 1. The molecule has 0 radical (unpaired) electrons. The first-order chi connectivity index (χ1) is 15.4. The molecule has 32 heavy (non-hydrogen) atoms. The summed E-state index contributed by atoms with van der Waals surface area (Å²) < 4.78 is 19.0. The Morgan fingerprint density at radius 1 is 1.44 bits per heavy atom. The molecule has 1 aliphatic rings. The lowest BCUT2D eigenvalue weighted by molar-refractivity contribution is -0.113. The van der Waals surface area contributed by atoms with Gasteiger partial charge >= 0.3 is 6.09 Å². The molecular weight excluding hydrogens is 441 g/mol. The van der Waals surface area contributed by atoms with Crippen LogP contribution in [0, 0.1) is 5.82 Å². The fourth-order valence-electron chi connectivity index (χ4n) is 3.29. The number of nitrogens with one attached hydrogen (secondary N) is 2. The molecule has 11 heteroatoms. The minimum Gasteiger partial charge on any atom is -0.394 e. The molecule has 3 rings (SSSR count). The van der Waals surface area contributed by atoms with Crippen molar-refractivity contribution in [2.45, 2.75) is 38.4 Å². The molecule has 2 aromatic rings. The first-order valence-electron chi connectivity index (χ1n) is 10.3. The third kappa shape index (κ3) is 6.26. The van der Waals surface area contributed by atoms with Crippen LogP contribution < -0.4 is 10.6 Å². The highest BCUT2D eigenvalue weighted by Crippen LogP contribution is 2.22. The number of halogens is 2. The van der Waals surface area contributed by atoms with Gasteiger partial charge in [0.05, 0.1) is 42.6 Å². The lowest BCUT2D eigenvalue weighted by Gasteiger charge is -2.27. The first kappa shape index (κ1) is 24.1. The molecule has 3 N–H and O–H groups in total. The molecule has 9 nitrogen and oxygen atoms in total. The number of aromatic nitrogens is 2. The Labute approximate surface area is 190 Å². The Hall–Kier alpha value is -2.53. The van der Waals surface area contributed by atoms with Crippen LogP contribution in [-0.4, -0.2) is 59.1 Å². The summed E-state index contributed by atoms with van der Waals surface area (Å²) in [6, 6.07) is 3.55. The van der Waals surface area contributed by atoms with Crippen LogP contribution in [0.2, 0.25) is 5.02 Å². The third-order valence-electron chi connectivity index (χ3n) is 5.14. The number of rotatable bonds is 9. The molecule has 1 aromatic heterocycles. The molecule has 0 unspecified atom stereocenters. The Kier molecular flexibility index (Phi) is 8.57. The summed E-state index contributed by atoms with van der Waals surface area (Å²) in [5.41, 5.74) is 2.22. The van der Waals surface area contributed by atoms with Crippen molar-refractivity contribution in [2.24, 2.45) is 0 Å². The topological polar surface area (TPSA) is 109 Å². The van der Waals surface area contributed by atoms with Crippen LogP contribution in [0.15, 0.2) is 24.4 Å². The van der Waals surface area contributed by atoms with E-state index in [1.54, 1.807) is 12.3 Å². The summed E-state index contributed by atoms with van der Waals surface area (Å²) in [6.07, 6.45) is 2.40. The number of aliphatic hydroxyl groups excluding tert-OH is 1. The Balaban J connectivity index is 1.62. The van der Waals surface area contributed by atoms with Crippen molar-refractivity contribution < 1.29 is 23.9 Å². The van der Waals surface area contributed by atoms with Gasteiger partial charge in [0.15, 0.2) is 0 Å². The molecule has 1 aromatic carbocycles. The molecule has 0 saturated carbocycles. The second-order valence-corrected chi connectivity index (χ2v) is 7.82. The van der Waals surface area contributed by atoms with E-state index in [0.29, 0.717) is 31.0 Å². The average molecular weight is 468 g/mol. The number of anilines is 1. The number of aliphatic hydroxyl groups is 1. The SMILES string of the molecule is CC[C@@H](CO)Nc1ncc2c(n1)CN(OC(=O)N[C@H](COC)c1ccc(Cl)c(F)c1)CC2. The van der Waals surface area contributed by atoms with E-state index in [9.17, 15) is 14.3 Å². The van der Waals surface area contributed by atoms with E-state index in [-0.39, 0.29) is 24.3 Å². The predicted octanol–water partition coefficient (Wildman–Crippen LogP) is 2.84. The lowest BCUT2D eigenvalue weighted by Crippen LogP contribution is -2.39. The van der Waals surface area contributed by atoms with Crippen LogP contribution in [0.4, 0.5) is 15.1 Å². The van der Waals surface area contributed by atoms with E-state index in [4.69, 9.17) is 21.2 Å². The minimum atomic E-state index is -0.690. The molecule has 0 saturated heterocycles. The zero-order valence-electron chi connectivity index (χ0n) is 18.0. The van der Waals surface area contributed by atoms with Gasteiger partial charge in [-0.15, -0.1) is 5.06 Å². The van der Waals surface area contributed by atoms with Gasteiger partial charge in [-0.1, -0.05) is 24.6 Å². The van der Waals surface area contributed by atoms with Crippen LogP contribution in [0.3, 0.4) is 0 Å². The van der Waals surface area contributed by atoms with Crippen LogP contribution in [0.1, 0.15) is 36.2 Å². The Morgan fingerprint density at radius 3 is 2.94 bits per heavy atom. The molecule has 0 fully saturated rings. The number of hydrogen-bond donors (Lipinski definition) is 3. The van der Waals surface area contributed by atoms with Crippen molar-refractivity contribution in [3.05, 3.63) is 52.1 Å². The van der Waals surface area contributed by atoms with Gasteiger partial charge in [-0.3, -0.25) is 0 Å². The van der Waals surface area contributed by atoms with Crippen molar-refractivity contribution in [2.75, 3.05) is 32.2 Å². The monoisotopic (exact) mass is 467 g/mol. The number of fused-ring (bicyclic) bond motifs is 1. The molecule has 1 aliphatic heterocycles. The fourth-order valence-corrected chi connectivity index (χ4v) is 3.41. The van der Waals surface area contributed by atoms with Gasteiger partial charge in [0.1, 0.15) is 5.82 Å². The molecule has 0 bridgehead atoms. The normalized spacial score (nSPS) is 15.5. The molecule has 2 atom stereocenters. The highest BCUT2D eigenvalue weighted by Gasteiger charge is 2.24. The van der Waals surface area contributed by atoms with Gasteiger partial charge in [-0.05, 0) is 36.1 Å². The highest BCUT2D eigenvalue weighted by molar-refractivity contribution is 6.30. The van der Waals surface area contributed by atoms with E-state index >= 15 is 0 Å². The molecular formula is C21H27ClFN5O4. The fraction of sp³-hybridized carbons (Fsp3) is 0.476. The van der Waals surface area contributed by atoms with Gasteiger partial charge in [-0.2, -0.15) is 0 Å². The number of carbonyl (C=O) groups excluding carboxylic acids is 1. The standard InChI is InChI=1S/C21H27ClFN5O4/c1-3-15(11-29)25-20-24-9-14-6-7-28(10-18(14)26-20)32-21(30)27-19(12-31-2)13-4-5-16(22)17(23)8-13/h4-5,8-9,15,19,29H,3,6-7,10-12H2,1-2H3,(H,27,30)(H,24,25,26)/t15-,19+/m0/s1. The zero-order chi connectivity index (χ0) is 23.1. The second kappa shape index (κ2) is 11.4. The van der Waals surface area contributed by atoms with Crippen molar-refractivity contribution in [1.82, 2.24) is 20.3 Å². The zero-order valence-corrected chi connectivity index (χ0v) is 18.7. The van der Waals surface area contributed by atoms with Crippen LogP contribution in [0.25, 0.3) is 0 Å². The largest absolute Gasteiger partial charge is 0.426 e. The predicted molar refractivity (Wildman–Crippen MR) is 117 cm³/mol. The second-order valence-electron chi connectivity index (χ2n) is 7.42. The quantitative estimate of drug-likeness (QED) is 0.516. The van der Waals surface area contributed by atoms with E-state index in [0.717, 1.165) is 17.7 Å². The molecule has 0 spiro atoms. The van der Waals surface area contributed by atoms with Gasteiger partial charge in [0.25, 0.3) is 0 Å². The van der Waals surface area contributed by atoms with Gasteiger partial charge in [0.2, 0.25) is 5.95 Å². The maximum atomic E-state index is 13.8. The van der Waals surface area contributed by atoms with Gasteiger partial charge < -0.3 is 25.3 Å². The average Bonchev–Trinajstić information content (AvgIpc) is 2.78. The highest BCUT2D eigenvalue weighted by atomic mass is 35.5. The number of carbonyl (C=O) groups is 1. The summed E-state index contributed by atoms with van der Waals surface area (Å²) in [6.45, 7) is 2.84. The first-order valence-corrected chi connectivity index (χ1v) is 10.7. The Morgan fingerprint density at radius 2 is 2.25 bits per heavy atom. The van der Waals surface area contributed by atoms with Gasteiger partial charge in [0, 0.05) is 19.9 Å². The maximum Gasteiger partial charge on any atom is 0.426 e. The number of hydroxylamine groups is 2. The third-order valence-corrected chi connectivity index (χ3v) is 5.45. The Bertz CT molecular complexity index is 931. The van der Waals surface area contributed by atoms with E-state index in [2.05, 4.69) is 20.6 Å². The summed E-state index contributed by atoms with van der Waals surface area (Å²) in [5, 5.41) is 16.6. The molecule has 0 aliphatic carbocycles. The number of hydrogen-bond acceptors (Lipinski definition) is 8. The molecule has 2 heterocycles. The number of ether oxygens (including phenoxy) is 1. The number of amides is 1. The summed E-state index contributed by atoms with van der Waals surface area (Å²) in [5.74, 6) is -0.162. The molecule has 1 amide bonds. The van der Waals surface area contributed by atoms with Crippen molar-refractivity contribution in [3.8, 4) is 0 Å². The minimum absolute atomic E-state index is 0.000398. The van der Waals surface area contributed by atoms with E-state index in [1.165, 1.54) is 24.3 Å². The van der Waals surface area contributed by atoms with Gasteiger partial charge in [-0.25, -0.2) is 19.2 Å². The smallest absolute Gasteiger partial charge is 0.394 e. The van der Waals surface area contributed by atoms with Crippen LogP contribution in [-0.2, 0) is 22.5 Å². The maximum absolute atomic E-state index is 13.8. The van der Waals surface area contributed by atoms with Crippen molar-refractivity contribution >= 4 is 23.6 Å². The van der Waals surface area contributed by atoms with Crippen LogP contribution >= 0.6 is 11.6 Å². The lowest BCUT2D eigenvalue weighted by atomic mass is 10.1. The van der Waals surface area contributed by atoms with Crippen LogP contribution in [0.5, 0.6) is 0 Å². The van der Waals surface area contributed by atoms with Crippen molar-refractivity contribution in [3.63, 3.8) is 0 Å². The number of benzene rings is 1. The summed E-state index contributed by atoms with van der Waals surface area (Å²) >= 11 is 5.74. The molecule has 174 valence electrons. The number of nitrogens with zero attached hydrogens (tertiary/aromatic N) is 3. The van der Waals surface area contributed by atoms with E-state index < -0.39 is 18.0 Å².